The quantitative estimate of drug-likeness (QED) is 0.215. The van der Waals surface area contributed by atoms with Crippen LogP contribution in [0.25, 0.3) is 0 Å². The molecule has 11 heteroatoms. The molecule has 5 atom stereocenters. The van der Waals surface area contributed by atoms with Crippen molar-refractivity contribution in [1.29, 1.82) is 0 Å². The van der Waals surface area contributed by atoms with Gasteiger partial charge in [-0.2, -0.15) is 11.8 Å². The zero-order valence-electron chi connectivity index (χ0n) is 18.5. The highest BCUT2D eigenvalue weighted by atomic mass is 32.2. The Morgan fingerprint density at radius 2 is 1.23 bits per heavy atom. The molecular formula is C19H36N4O6S. The number of aliphatic carboxylic acids is 1. The second-order valence-corrected chi connectivity index (χ2v) is 8.90. The van der Waals surface area contributed by atoms with Gasteiger partial charge in [0.15, 0.2) is 6.04 Å². The third kappa shape index (κ3) is 9.31. The largest absolute Gasteiger partial charge is 0.480 e. The molecule has 0 saturated heterocycles. The summed E-state index contributed by atoms with van der Waals surface area (Å²) in [6.07, 6.45) is 1.05. The molecule has 0 radical (unpaired) electrons. The standard InChI is InChI=1S/C19H36N4O6S/c1-9(2)13(21-16(25)12(20)7-8-30-6)17(26)22-14(10(3)4)18(27)23-15(11(5)24)19(28)29/h9-15,24H,7-8,20H2,1-6H3,(H,21,25)(H,22,26)(H,23,27)(H,28,29). The van der Waals surface area contributed by atoms with Crippen LogP contribution in [0.2, 0.25) is 0 Å². The number of nitrogens with one attached hydrogen (secondary N) is 3. The highest BCUT2D eigenvalue weighted by Crippen LogP contribution is 2.08. The minimum absolute atomic E-state index is 0.276. The molecule has 0 fully saturated rings. The van der Waals surface area contributed by atoms with Crippen molar-refractivity contribution in [2.75, 3.05) is 12.0 Å². The van der Waals surface area contributed by atoms with Gasteiger partial charge in [-0.3, -0.25) is 14.4 Å². The maximum atomic E-state index is 12.8. The first-order valence-electron chi connectivity index (χ1n) is 9.89. The van der Waals surface area contributed by atoms with Crippen LogP contribution in [0.3, 0.4) is 0 Å². The molecule has 3 amide bonds. The number of aliphatic hydroxyl groups is 1. The molecular weight excluding hydrogens is 412 g/mol. The zero-order valence-corrected chi connectivity index (χ0v) is 19.3. The minimum atomic E-state index is -1.51. The lowest BCUT2D eigenvalue weighted by Gasteiger charge is -2.28. The van der Waals surface area contributed by atoms with Gasteiger partial charge in [-0.1, -0.05) is 27.7 Å². The molecule has 0 rings (SSSR count). The van der Waals surface area contributed by atoms with Gasteiger partial charge in [0.05, 0.1) is 12.1 Å². The van der Waals surface area contributed by atoms with Gasteiger partial charge in [-0.05, 0) is 37.2 Å². The molecule has 0 heterocycles. The van der Waals surface area contributed by atoms with Crippen LogP contribution in [0.5, 0.6) is 0 Å². The summed E-state index contributed by atoms with van der Waals surface area (Å²) in [5, 5.41) is 26.2. The van der Waals surface area contributed by atoms with Gasteiger partial charge in [0, 0.05) is 0 Å². The molecule has 0 saturated carbocycles. The Labute approximate surface area is 182 Å². The predicted octanol–water partition coefficient (Wildman–Crippen LogP) is -0.701. The van der Waals surface area contributed by atoms with Crippen LogP contribution in [0.4, 0.5) is 0 Å². The summed E-state index contributed by atoms with van der Waals surface area (Å²) in [5.74, 6) is -3.10. The normalized spacial score (nSPS) is 16.3. The highest BCUT2D eigenvalue weighted by molar-refractivity contribution is 7.98. The van der Waals surface area contributed by atoms with E-state index < -0.39 is 54.0 Å². The maximum absolute atomic E-state index is 12.8. The Hall–Kier alpha value is -1.85. The summed E-state index contributed by atoms with van der Waals surface area (Å²) in [4.78, 5) is 48.9. The molecule has 30 heavy (non-hydrogen) atoms. The van der Waals surface area contributed by atoms with E-state index in [4.69, 9.17) is 10.8 Å². The van der Waals surface area contributed by atoms with E-state index in [1.54, 1.807) is 39.5 Å². The smallest absolute Gasteiger partial charge is 0.328 e. The van der Waals surface area contributed by atoms with E-state index in [0.717, 1.165) is 0 Å². The third-order valence-electron chi connectivity index (χ3n) is 4.51. The fraction of sp³-hybridized carbons (Fsp3) is 0.789. The third-order valence-corrected chi connectivity index (χ3v) is 5.15. The summed E-state index contributed by atoms with van der Waals surface area (Å²) in [7, 11) is 0. The Kier molecular flexibility index (Phi) is 12.6. The van der Waals surface area contributed by atoms with Gasteiger partial charge in [0.2, 0.25) is 17.7 Å². The summed E-state index contributed by atoms with van der Waals surface area (Å²) >= 11 is 1.56. The van der Waals surface area contributed by atoms with Gasteiger partial charge in [-0.25, -0.2) is 4.79 Å². The Morgan fingerprint density at radius 3 is 1.57 bits per heavy atom. The SMILES string of the molecule is CSCCC(N)C(=O)NC(C(=O)NC(C(=O)NC(C(=O)O)C(C)O)C(C)C)C(C)C. The second-order valence-electron chi connectivity index (χ2n) is 7.91. The number of carbonyl (C=O) groups excluding carboxylic acids is 3. The van der Waals surface area contributed by atoms with Crippen LogP contribution < -0.4 is 21.7 Å². The number of carboxylic acids is 1. The first-order chi connectivity index (χ1) is 13.8. The molecule has 0 aliphatic rings. The van der Waals surface area contributed by atoms with Crippen LogP contribution in [-0.2, 0) is 19.2 Å². The molecule has 0 aliphatic heterocycles. The predicted molar refractivity (Wildman–Crippen MR) is 116 cm³/mol. The fourth-order valence-corrected chi connectivity index (χ4v) is 3.07. The number of carboxylic acid groups (broad SMARTS) is 1. The van der Waals surface area contributed by atoms with Gasteiger partial charge in [-0.15, -0.1) is 0 Å². The van der Waals surface area contributed by atoms with Crippen LogP contribution in [0.1, 0.15) is 41.0 Å². The fourth-order valence-electron chi connectivity index (χ4n) is 2.58. The molecule has 0 aromatic heterocycles. The number of amides is 3. The van der Waals surface area contributed by atoms with Crippen molar-refractivity contribution in [2.24, 2.45) is 17.6 Å². The van der Waals surface area contributed by atoms with Crippen molar-refractivity contribution in [3.05, 3.63) is 0 Å². The van der Waals surface area contributed by atoms with E-state index in [1.165, 1.54) is 6.92 Å². The topological polar surface area (TPSA) is 171 Å². The summed E-state index contributed by atoms with van der Waals surface area (Å²) < 4.78 is 0. The molecule has 7 N–H and O–H groups in total. The number of hydrogen-bond acceptors (Lipinski definition) is 7. The first kappa shape index (κ1) is 28.1. The van der Waals surface area contributed by atoms with E-state index in [9.17, 15) is 24.3 Å². The van der Waals surface area contributed by atoms with Gasteiger partial charge in [0.1, 0.15) is 12.1 Å². The van der Waals surface area contributed by atoms with E-state index in [1.807, 2.05) is 6.26 Å². The number of rotatable bonds is 13. The average molecular weight is 449 g/mol. The van der Waals surface area contributed by atoms with Crippen molar-refractivity contribution in [1.82, 2.24) is 16.0 Å². The van der Waals surface area contributed by atoms with Crippen LogP contribution in [-0.4, -0.2) is 76.2 Å². The van der Waals surface area contributed by atoms with E-state index >= 15 is 0 Å². The summed E-state index contributed by atoms with van der Waals surface area (Å²) in [6.45, 7) is 8.10. The molecule has 5 unspecified atom stereocenters. The van der Waals surface area contributed by atoms with Crippen LogP contribution in [0.15, 0.2) is 0 Å². The number of thioether (sulfide) groups is 1. The first-order valence-corrected chi connectivity index (χ1v) is 11.3. The lowest BCUT2D eigenvalue weighted by atomic mass is 9.99. The number of aliphatic hydroxyl groups excluding tert-OH is 1. The monoisotopic (exact) mass is 448 g/mol. The molecule has 0 spiro atoms. The van der Waals surface area contributed by atoms with Crippen molar-refractivity contribution in [3.8, 4) is 0 Å². The van der Waals surface area contributed by atoms with Crippen molar-refractivity contribution >= 4 is 35.5 Å². The maximum Gasteiger partial charge on any atom is 0.328 e. The molecule has 10 nitrogen and oxygen atoms in total. The van der Waals surface area contributed by atoms with Crippen molar-refractivity contribution in [2.45, 2.75) is 71.3 Å². The Balaban J connectivity index is 5.29. The summed E-state index contributed by atoms with van der Waals surface area (Å²) in [6, 6.07) is -4.23. The van der Waals surface area contributed by atoms with Gasteiger partial charge in [0.25, 0.3) is 0 Å². The van der Waals surface area contributed by atoms with Crippen molar-refractivity contribution < 1.29 is 29.4 Å². The molecule has 0 aromatic rings. The van der Waals surface area contributed by atoms with E-state index in [2.05, 4.69) is 16.0 Å². The van der Waals surface area contributed by atoms with Crippen molar-refractivity contribution in [3.63, 3.8) is 0 Å². The molecule has 0 bridgehead atoms. The average Bonchev–Trinajstić information content (AvgIpc) is 2.64. The number of hydrogen-bond donors (Lipinski definition) is 6. The van der Waals surface area contributed by atoms with Gasteiger partial charge >= 0.3 is 5.97 Å². The van der Waals surface area contributed by atoms with E-state index in [0.29, 0.717) is 12.2 Å². The number of nitrogens with two attached hydrogens (primary N) is 1. The molecule has 174 valence electrons. The molecule has 0 aromatic carbocycles. The number of carbonyl (C=O) groups is 4. The zero-order chi connectivity index (χ0) is 23.6. The second kappa shape index (κ2) is 13.5. The van der Waals surface area contributed by atoms with Gasteiger partial charge < -0.3 is 31.9 Å². The van der Waals surface area contributed by atoms with Crippen LogP contribution >= 0.6 is 11.8 Å². The lowest BCUT2D eigenvalue weighted by Crippen LogP contribution is -2.60. The highest BCUT2D eigenvalue weighted by Gasteiger charge is 2.34. The Morgan fingerprint density at radius 1 is 0.833 bits per heavy atom. The minimum Gasteiger partial charge on any atom is -0.480 e. The molecule has 0 aliphatic carbocycles. The van der Waals surface area contributed by atoms with E-state index in [-0.39, 0.29) is 11.8 Å². The lowest BCUT2D eigenvalue weighted by molar-refractivity contribution is -0.145. The summed E-state index contributed by atoms with van der Waals surface area (Å²) in [5.41, 5.74) is 5.86. The Bertz CT molecular complexity index is 600. The van der Waals surface area contributed by atoms with Crippen LogP contribution in [0, 0.1) is 11.8 Å².